The van der Waals surface area contributed by atoms with Gasteiger partial charge in [0, 0.05) is 16.8 Å². The van der Waals surface area contributed by atoms with Crippen molar-refractivity contribution in [3.8, 4) is 0 Å². The van der Waals surface area contributed by atoms with Gasteiger partial charge in [-0.2, -0.15) is 0 Å². The smallest absolute Gasteiger partial charge is 0.248 e. The fourth-order valence-corrected chi connectivity index (χ4v) is 1.91. The van der Waals surface area contributed by atoms with E-state index in [1.165, 1.54) is 24.3 Å². The van der Waals surface area contributed by atoms with Crippen molar-refractivity contribution in [2.75, 3.05) is 5.32 Å². The van der Waals surface area contributed by atoms with E-state index in [0.717, 1.165) is 5.56 Å². The van der Waals surface area contributed by atoms with Crippen molar-refractivity contribution < 1.29 is 9.18 Å². The Labute approximate surface area is 125 Å². The van der Waals surface area contributed by atoms with Gasteiger partial charge in [0.25, 0.3) is 0 Å². The normalized spacial score (nSPS) is 10.8. The van der Waals surface area contributed by atoms with E-state index in [1.807, 2.05) is 6.07 Å². The molecule has 1 N–H and O–H groups in total. The molecule has 2 nitrogen and oxygen atoms in total. The largest absolute Gasteiger partial charge is 0.322 e. The minimum atomic E-state index is -0.531. The lowest BCUT2D eigenvalue weighted by atomic mass is 10.2. The zero-order valence-corrected chi connectivity index (χ0v) is 11.8. The second kappa shape index (κ2) is 6.55. The Morgan fingerprint density at radius 1 is 1.10 bits per heavy atom. The van der Waals surface area contributed by atoms with Gasteiger partial charge in [0.15, 0.2) is 0 Å². The van der Waals surface area contributed by atoms with Crippen LogP contribution in [0.15, 0.2) is 48.5 Å². The van der Waals surface area contributed by atoms with Crippen LogP contribution in [0.4, 0.5) is 10.1 Å². The Morgan fingerprint density at radius 2 is 1.85 bits per heavy atom. The first-order valence-electron chi connectivity index (χ1n) is 5.75. The van der Waals surface area contributed by atoms with Crippen LogP contribution >= 0.6 is 23.2 Å². The molecule has 1 amide bonds. The van der Waals surface area contributed by atoms with E-state index in [1.54, 1.807) is 24.3 Å². The lowest BCUT2D eigenvalue weighted by molar-refractivity contribution is -0.111. The van der Waals surface area contributed by atoms with E-state index in [0.29, 0.717) is 10.7 Å². The molecule has 0 aliphatic heterocycles. The predicted molar refractivity (Wildman–Crippen MR) is 80.5 cm³/mol. The summed E-state index contributed by atoms with van der Waals surface area (Å²) in [6, 6.07) is 11.1. The van der Waals surface area contributed by atoms with E-state index in [4.69, 9.17) is 23.2 Å². The lowest BCUT2D eigenvalue weighted by Gasteiger charge is -2.03. The summed E-state index contributed by atoms with van der Waals surface area (Å²) in [5.41, 5.74) is 1.16. The van der Waals surface area contributed by atoms with Gasteiger partial charge in [-0.15, -0.1) is 0 Å². The molecule has 0 spiro atoms. The van der Waals surface area contributed by atoms with Crippen molar-refractivity contribution in [1.82, 2.24) is 0 Å². The molecule has 0 unspecified atom stereocenters. The summed E-state index contributed by atoms with van der Waals surface area (Å²) in [5.74, 6) is -0.885. The van der Waals surface area contributed by atoms with Gasteiger partial charge in [-0.1, -0.05) is 41.4 Å². The van der Waals surface area contributed by atoms with Gasteiger partial charge in [0.2, 0.25) is 5.91 Å². The van der Waals surface area contributed by atoms with Crippen LogP contribution in [0, 0.1) is 5.82 Å². The number of amides is 1. The van der Waals surface area contributed by atoms with Gasteiger partial charge in [0.1, 0.15) is 5.82 Å². The van der Waals surface area contributed by atoms with Gasteiger partial charge in [-0.05, 0) is 35.9 Å². The summed E-state index contributed by atoms with van der Waals surface area (Å²) in [4.78, 5) is 11.7. The summed E-state index contributed by atoms with van der Waals surface area (Å²) < 4.78 is 13.0. The quantitative estimate of drug-likeness (QED) is 0.812. The summed E-state index contributed by atoms with van der Waals surface area (Å²) in [6.45, 7) is 0. The molecule has 0 aliphatic rings. The van der Waals surface area contributed by atoms with Gasteiger partial charge in [-0.25, -0.2) is 4.39 Å². The average molecular weight is 310 g/mol. The molecule has 5 heteroatoms. The van der Waals surface area contributed by atoms with Crippen molar-refractivity contribution in [3.63, 3.8) is 0 Å². The number of halogens is 3. The number of nitrogens with one attached hydrogen (secondary N) is 1. The Hall–Kier alpha value is -1.84. The predicted octanol–water partition coefficient (Wildman–Crippen LogP) is 4.78. The second-order valence-corrected chi connectivity index (χ2v) is 4.79. The molecule has 0 aliphatic carbocycles. The summed E-state index contributed by atoms with van der Waals surface area (Å²) in [7, 11) is 0. The molecule has 0 bridgehead atoms. The minimum Gasteiger partial charge on any atom is -0.322 e. The first kappa shape index (κ1) is 14.6. The molecule has 0 atom stereocenters. The average Bonchev–Trinajstić information content (AvgIpc) is 2.42. The summed E-state index contributed by atoms with van der Waals surface area (Å²) in [5, 5.41) is 3.09. The van der Waals surface area contributed by atoms with Crippen LogP contribution in [-0.4, -0.2) is 5.91 Å². The third kappa shape index (κ3) is 3.83. The maximum Gasteiger partial charge on any atom is 0.248 e. The topological polar surface area (TPSA) is 29.1 Å². The van der Waals surface area contributed by atoms with Crippen LogP contribution in [0.25, 0.3) is 6.08 Å². The Morgan fingerprint density at radius 3 is 2.55 bits per heavy atom. The number of hydrogen-bond donors (Lipinski definition) is 1. The van der Waals surface area contributed by atoms with Crippen LogP contribution < -0.4 is 5.32 Å². The number of carbonyl (C=O) groups excluding carboxylic acids is 1. The molecule has 0 fully saturated rings. The van der Waals surface area contributed by atoms with E-state index in [9.17, 15) is 9.18 Å². The van der Waals surface area contributed by atoms with E-state index < -0.39 is 5.82 Å². The molecular formula is C15H10Cl2FNO. The molecule has 0 saturated heterocycles. The highest BCUT2D eigenvalue weighted by Gasteiger charge is 2.03. The third-order valence-corrected chi connectivity index (χ3v) is 3.14. The van der Waals surface area contributed by atoms with Crippen LogP contribution in [0.3, 0.4) is 0 Å². The first-order valence-corrected chi connectivity index (χ1v) is 6.50. The fraction of sp³-hybridized carbons (Fsp3) is 0. The monoisotopic (exact) mass is 309 g/mol. The molecule has 2 rings (SSSR count). The first-order chi connectivity index (χ1) is 9.56. The van der Waals surface area contributed by atoms with Crippen LogP contribution in [-0.2, 0) is 4.79 Å². The molecule has 0 radical (unpaired) electrons. The van der Waals surface area contributed by atoms with Gasteiger partial charge in [-0.3, -0.25) is 4.79 Å². The SMILES string of the molecule is O=C(/C=C/c1ccccc1Cl)Nc1ccc(F)c(Cl)c1. The third-order valence-electron chi connectivity index (χ3n) is 2.51. The summed E-state index contributed by atoms with van der Waals surface area (Å²) in [6.07, 6.45) is 2.95. The maximum atomic E-state index is 13.0. The zero-order valence-electron chi connectivity index (χ0n) is 10.2. The number of rotatable bonds is 3. The van der Waals surface area contributed by atoms with Crippen LogP contribution in [0.1, 0.15) is 5.56 Å². The molecule has 2 aromatic carbocycles. The molecule has 2 aromatic rings. The fourth-order valence-electron chi connectivity index (χ4n) is 1.53. The van der Waals surface area contributed by atoms with Gasteiger partial charge >= 0.3 is 0 Å². The highest BCUT2D eigenvalue weighted by Crippen LogP contribution is 2.20. The van der Waals surface area contributed by atoms with Crippen molar-refractivity contribution in [1.29, 1.82) is 0 Å². The van der Waals surface area contributed by atoms with E-state index in [-0.39, 0.29) is 10.9 Å². The number of hydrogen-bond acceptors (Lipinski definition) is 1. The van der Waals surface area contributed by atoms with E-state index >= 15 is 0 Å². The maximum absolute atomic E-state index is 13.0. The Bertz CT molecular complexity index is 671. The lowest BCUT2D eigenvalue weighted by Crippen LogP contribution is -2.07. The minimum absolute atomic E-state index is 0.0436. The Balaban J connectivity index is 2.06. The molecule has 0 heterocycles. The number of carbonyl (C=O) groups is 1. The van der Waals surface area contributed by atoms with Crippen molar-refractivity contribution in [2.24, 2.45) is 0 Å². The molecular weight excluding hydrogens is 300 g/mol. The number of benzene rings is 2. The molecule has 0 saturated carbocycles. The second-order valence-electron chi connectivity index (χ2n) is 3.97. The van der Waals surface area contributed by atoms with Crippen molar-refractivity contribution in [3.05, 3.63) is 70.0 Å². The molecule has 102 valence electrons. The van der Waals surface area contributed by atoms with Crippen molar-refractivity contribution in [2.45, 2.75) is 0 Å². The number of anilines is 1. The Kier molecular flexibility index (Phi) is 4.77. The molecule has 0 aromatic heterocycles. The van der Waals surface area contributed by atoms with E-state index in [2.05, 4.69) is 5.32 Å². The highest BCUT2D eigenvalue weighted by atomic mass is 35.5. The highest BCUT2D eigenvalue weighted by molar-refractivity contribution is 6.32. The summed E-state index contributed by atoms with van der Waals surface area (Å²) >= 11 is 11.6. The van der Waals surface area contributed by atoms with Crippen LogP contribution in [0.5, 0.6) is 0 Å². The van der Waals surface area contributed by atoms with Gasteiger partial charge < -0.3 is 5.32 Å². The molecule has 20 heavy (non-hydrogen) atoms. The van der Waals surface area contributed by atoms with Gasteiger partial charge in [0.05, 0.1) is 5.02 Å². The standard InChI is InChI=1S/C15H10Cl2FNO/c16-12-4-2-1-3-10(12)5-8-15(20)19-11-6-7-14(18)13(17)9-11/h1-9H,(H,19,20)/b8-5+. The van der Waals surface area contributed by atoms with Crippen LogP contribution in [0.2, 0.25) is 10.0 Å². The zero-order chi connectivity index (χ0) is 14.5. The van der Waals surface area contributed by atoms with Crippen molar-refractivity contribution >= 4 is 40.9 Å².